The first-order valence-corrected chi connectivity index (χ1v) is 8.38. The van der Waals surface area contributed by atoms with Crippen LogP contribution in [0.15, 0.2) is 30.7 Å². The summed E-state index contributed by atoms with van der Waals surface area (Å²) < 4.78 is 5.46. The summed E-state index contributed by atoms with van der Waals surface area (Å²) in [4.78, 5) is 23.4. The van der Waals surface area contributed by atoms with Crippen molar-refractivity contribution in [1.29, 1.82) is 0 Å². The van der Waals surface area contributed by atoms with Crippen LogP contribution in [0.3, 0.4) is 0 Å². The van der Waals surface area contributed by atoms with Gasteiger partial charge in [-0.3, -0.25) is 14.8 Å². The van der Waals surface area contributed by atoms with Gasteiger partial charge in [0.15, 0.2) is 0 Å². The van der Waals surface area contributed by atoms with Crippen molar-refractivity contribution in [1.82, 2.24) is 14.9 Å². The minimum atomic E-state index is 0.111. The van der Waals surface area contributed by atoms with Gasteiger partial charge in [0.05, 0.1) is 11.1 Å². The molecule has 2 saturated heterocycles. The molecule has 2 aromatic rings. The van der Waals surface area contributed by atoms with Crippen LogP contribution in [-0.2, 0) is 4.74 Å². The molecule has 0 radical (unpaired) electrons. The summed E-state index contributed by atoms with van der Waals surface area (Å²) in [6.07, 6.45) is 8.53. The Morgan fingerprint density at radius 1 is 1.13 bits per heavy atom. The van der Waals surface area contributed by atoms with Crippen molar-refractivity contribution in [2.75, 3.05) is 26.3 Å². The lowest BCUT2D eigenvalue weighted by Gasteiger charge is -2.27. The number of aromatic nitrogens is 2. The van der Waals surface area contributed by atoms with E-state index in [0.717, 1.165) is 62.0 Å². The third-order valence-corrected chi connectivity index (χ3v) is 5.22. The fourth-order valence-corrected chi connectivity index (χ4v) is 3.89. The van der Waals surface area contributed by atoms with Crippen molar-refractivity contribution in [2.24, 2.45) is 11.8 Å². The Morgan fingerprint density at radius 2 is 2.00 bits per heavy atom. The third kappa shape index (κ3) is 2.81. The molecule has 1 amide bonds. The molecule has 1 unspecified atom stereocenters. The van der Waals surface area contributed by atoms with E-state index in [9.17, 15) is 4.79 Å². The van der Waals surface area contributed by atoms with Crippen LogP contribution >= 0.6 is 0 Å². The van der Waals surface area contributed by atoms with Gasteiger partial charge in [-0.25, -0.2) is 0 Å². The molecule has 0 aromatic carbocycles. The number of hydrogen-bond acceptors (Lipinski definition) is 4. The number of pyridine rings is 2. The predicted octanol–water partition coefficient (Wildman–Crippen LogP) is 2.52. The van der Waals surface area contributed by atoms with Crippen molar-refractivity contribution in [3.05, 3.63) is 36.3 Å². The highest BCUT2D eigenvalue weighted by atomic mass is 16.5. The molecule has 2 aromatic heterocycles. The monoisotopic (exact) mass is 311 g/mol. The number of rotatable bonds is 2. The third-order valence-electron chi connectivity index (χ3n) is 5.22. The van der Waals surface area contributed by atoms with Crippen molar-refractivity contribution in [3.8, 4) is 0 Å². The van der Waals surface area contributed by atoms with E-state index in [1.807, 2.05) is 17.0 Å². The Hall–Kier alpha value is -2.01. The maximum Gasteiger partial charge on any atom is 0.254 e. The summed E-state index contributed by atoms with van der Waals surface area (Å²) in [6, 6.07) is 3.66. The second kappa shape index (κ2) is 6.24. The van der Waals surface area contributed by atoms with E-state index in [0.29, 0.717) is 11.8 Å². The Morgan fingerprint density at radius 3 is 2.87 bits per heavy atom. The van der Waals surface area contributed by atoms with Crippen LogP contribution in [0.4, 0.5) is 0 Å². The molecule has 2 aliphatic rings. The van der Waals surface area contributed by atoms with E-state index >= 15 is 0 Å². The van der Waals surface area contributed by atoms with Crippen LogP contribution in [0, 0.1) is 11.8 Å². The molecule has 0 bridgehead atoms. The number of amides is 1. The molecule has 4 rings (SSSR count). The van der Waals surface area contributed by atoms with Gasteiger partial charge < -0.3 is 9.64 Å². The molecule has 4 heterocycles. The van der Waals surface area contributed by atoms with Crippen LogP contribution in [0.2, 0.25) is 0 Å². The normalized spacial score (nSPS) is 22.6. The van der Waals surface area contributed by atoms with Crippen LogP contribution in [0.25, 0.3) is 10.9 Å². The Kier molecular flexibility index (Phi) is 3.95. The second-order valence-corrected chi connectivity index (χ2v) is 6.50. The molecule has 5 nitrogen and oxygen atoms in total. The lowest BCUT2D eigenvalue weighted by Crippen LogP contribution is -2.31. The maximum atomic E-state index is 12.9. The molecular formula is C18H21N3O2. The molecule has 2 aliphatic heterocycles. The fourth-order valence-electron chi connectivity index (χ4n) is 3.89. The highest BCUT2D eigenvalue weighted by Gasteiger charge is 2.33. The molecule has 0 saturated carbocycles. The van der Waals surface area contributed by atoms with Crippen molar-refractivity contribution >= 4 is 16.8 Å². The standard InChI is InChI=1S/C18H21N3O2/c22-18(15-1-7-20-17-2-6-19-11-16(15)17)21-8-3-14(12-21)13-4-9-23-10-5-13/h1-2,6-7,11,13-14H,3-5,8-10,12H2. The van der Waals surface area contributed by atoms with Crippen LogP contribution < -0.4 is 0 Å². The lowest BCUT2D eigenvalue weighted by atomic mass is 9.85. The van der Waals surface area contributed by atoms with E-state index in [-0.39, 0.29) is 5.91 Å². The van der Waals surface area contributed by atoms with Gasteiger partial charge in [-0.1, -0.05) is 0 Å². The molecule has 5 heteroatoms. The van der Waals surface area contributed by atoms with E-state index in [4.69, 9.17) is 4.74 Å². The maximum absolute atomic E-state index is 12.9. The minimum Gasteiger partial charge on any atom is -0.381 e. The Bertz CT molecular complexity index is 707. The Balaban J connectivity index is 1.53. The molecule has 0 N–H and O–H groups in total. The van der Waals surface area contributed by atoms with Gasteiger partial charge in [-0.2, -0.15) is 0 Å². The van der Waals surface area contributed by atoms with Gasteiger partial charge in [0, 0.05) is 50.3 Å². The summed E-state index contributed by atoms with van der Waals surface area (Å²) in [5.41, 5.74) is 1.54. The molecule has 1 atom stereocenters. The zero-order chi connectivity index (χ0) is 15.6. The van der Waals surface area contributed by atoms with Gasteiger partial charge in [0.2, 0.25) is 0 Å². The zero-order valence-electron chi connectivity index (χ0n) is 13.1. The van der Waals surface area contributed by atoms with Gasteiger partial charge in [-0.15, -0.1) is 0 Å². The quantitative estimate of drug-likeness (QED) is 0.855. The summed E-state index contributed by atoms with van der Waals surface area (Å²) in [5.74, 6) is 1.44. The van der Waals surface area contributed by atoms with Crippen LogP contribution in [0.5, 0.6) is 0 Å². The zero-order valence-corrected chi connectivity index (χ0v) is 13.1. The van der Waals surface area contributed by atoms with Gasteiger partial charge >= 0.3 is 0 Å². The highest BCUT2D eigenvalue weighted by Crippen LogP contribution is 2.32. The summed E-state index contributed by atoms with van der Waals surface area (Å²) in [7, 11) is 0. The number of nitrogens with zero attached hydrogens (tertiary/aromatic N) is 3. The average molecular weight is 311 g/mol. The largest absolute Gasteiger partial charge is 0.381 e. The van der Waals surface area contributed by atoms with Crippen LogP contribution in [-0.4, -0.2) is 47.1 Å². The van der Waals surface area contributed by atoms with Crippen molar-refractivity contribution in [2.45, 2.75) is 19.3 Å². The summed E-state index contributed by atoms with van der Waals surface area (Å²) in [6.45, 7) is 3.46. The first-order valence-electron chi connectivity index (χ1n) is 8.38. The van der Waals surface area contributed by atoms with Crippen LogP contribution in [0.1, 0.15) is 29.6 Å². The van der Waals surface area contributed by atoms with Crippen molar-refractivity contribution in [3.63, 3.8) is 0 Å². The van der Waals surface area contributed by atoms with Crippen molar-refractivity contribution < 1.29 is 9.53 Å². The first kappa shape index (κ1) is 14.6. The van der Waals surface area contributed by atoms with E-state index < -0.39 is 0 Å². The van der Waals surface area contributed by atoms with E-state index in [2.05, 4.69) is 9.97 Å². The molecule has 0 aliphatic carbocycles. The predicted molar refractivity (Wildman–Crippen MR) is 87.1 cm³/mol. The number of carbonyl (C=O) groups is 1. The number of carbonyl (C=O) groups excluding carboxylic acids is 1. The molecule has 2 fully saturated rings. The molecule has 120 valence electrons. The SMILES string of the molecule is O=C(c1ccnc2ccncc12)N1CCC(C2CCOCC2)C1. The topological polar surface area (TPSA) is 55.3 Å². The van der Waals surface area contributed by atoms with Gasteiger partial charge in [0.25, 0.3) is 5.91 Å². The minimum absolute atomic E-state index is 0.111. The second-order valence-electron chi connectivity index (χ2n) is 6.50. The number of hydrogen-bond donors (Lipinski definition) is 0. The average Bonchev–Trinajstić information content (AvgIpc) is 3.11. The Labute approximate surface area is 135 Å². The lowest BCUT2D eigenvalue weighted by molar-refractivity contribution is 0.0471. The fraction of sp³-hybridized carbons (Fsp3) is 0.500. The van der Waals surface area contributed by atoms with E-state index in [1.165, 1.54) is 0 Å². The number of likely N-dealkylation sites (tertiary alicyclic amines) is 1. The summed E-state index contributed by atoms with van der Waals surface area (Å²) >= 11 is 0. The highest BCUT2D eigenvalue weighted by molar-refractivity contribution is 6.05. The first-order chi connectivity index (χ1) is 11.3. The molecule has 0 spiro atoms. The van der Waals surface area contributed by atoms with Gasteiger partial charge in [0.1, 0.15) is 0 Å². The molecular weight excluding hydrogens is 290 g/mol. The molecule has 23 heavy (non-hydrogen) atoms. The van der Waals surface area contributed by atoms with Gasteiger partial charge in [-0.05, 0) is 43.2 Å². The smallest absolute Gasteiger partial charge is 0.254 e. The number of ether oxygens (including phenoxy) is 1. The number of fused-ring (bicyclic) bond motifs is 1. The van der Waals surface area contributed by atoms with E-state index in [1.54, 1.807) is 18.6 Å². The summed E-state index contributed by atoms with van der Waals surface area (Å²) in [5, 5.41) is 0.842.